The van der Waals surface area contributed by atoms with Crippen LogP contribution in [0.4, 0.5) is 0 Å². The third-order valence-electron chi connectivity index (χ3n) is 4.08. The molecule has 114 valence electrons. The van der Waals surface area contributed by atoms with Crippen LogP contribution < -0.4 is 0 Å². The van der Waals surface area contributed by atoms with E-state index < -0.39 is 6.10 Å². The molecule has 1 fully saturated rings. The van der Waals surface area contributed by atoms with Crippen LogP contribution in [0, 0.1) is 0 Å². The molecule has 2 rings (SSSR count). The summed E-state index contributed by atoms with van der Waals surface area (Å²) in [7, 11) is 2.12. The predicted octanol–water partition coefficient (Wildman–Crippen LogP) is 2.81. The van der Waals surface area contributed by atoms with Crippen LogP contribution in [0.5, 0.6) is 0 Å². The minimum atomic E-state index is -0.432. The SMILES string of the molecule is CN(CC(O)COCc1ccco1)C1CCCCCC1. The van der Waals surface area contributed by atoms with Crippen LogP contribution in [0.2, 0.25) is 0 Å². The van der Waals surface area contributed by atoms with Gasteiger partial charge in [0.25, 0.3) is 0 Å². The van der Waals surface area contributed by atoms with E-state index in [0.717, 1.165) is 5.76 Å². The van der Waals surface area contributed by atoms with Crippen molar-refractivity contribution in [1.29, 1.82) is 0 Å². The lowest BCUT2D eigenvalue weighted by atomic mass is 10.1. The molecule has 1 saturated carbocycles. The molecule has 4 nitrogen and oxygen atoms in total. The van der Waals surface area contributed by atoms with Crippen molar-refractivity contribution in [3.8, 4) is 0 Å². The van der Waals surface area contributed by atoms with Gasteiger partial charge in [-0.2, -0.15) is 0 Å². The van der Waals surface area contributed by atoms with E-state index in [4.69, 9.17) is 9.15 Å². The van der Waals surface area contributed by atoms with Gasteiger partial charge >= 0.3 is 0 Å². The second-order valence-electron chi connectivity index (χ2n) is 5.83. The number of hydrogen-bond donors (Lipinski definition) is 1. The average Bonchev–Trinajstić information content (AvgIpc) is 2.78. The highest BCUT2D eigenvalue weighted by Crippen LogP contribution is 2.21. The van der Waals surface area contributed by atoms with Crippen LogP contribution >= 0.6 is 0 Å². The van der Waals surface area contributed by atoms with E-state index in [0.29, 0.717) is 25.8 Å². The second kappa shape index (κ2) is 8.45. The normalized spacial score (nSPS) is 19.1. The van der Waals surface area contributed by atoms with Crippen molar-refractivity contribution in [2.24, 2.45) is 0 Å². The van der Waals surface area contributed by atoms with Gasteiger partial charge in [0.15, 0.2) is 0 Å². The zero-order valence-corrected chi connectivity index (χ0v) is 12.5. The molecule has 0 saturated heterocycles. The summed E-state index contributed by atoms with van der Waals surface area (Å²) in [5.41, 5.74) is 0. The van der Waals surface area contributed by atoms with Gasteiger partial charge in [0.2, 0.25) is 0 Å². The van der Waals surface area contributed by atoms with Crippen molar-refractivity contribution >= 4 is 0 Å². The van der Waals surface area contributed by atoms with E-state index in [9.17, 15) is 5.11 Å². The number of rotatable bonds is 7. The lowest BCUT2D eigenvalue weighted by Crippen LogP contribution is -2.39. The van der Waals surface area contributed by atoms with Crippen LogP contribution in [-0.4, -0.2) is 42.4 Å². The van der Waals surface area contributed by atoms with Crippen LogP contribution in [-0.2, 0) is 11.3 Å². The molecule has 1 aromatic rings. The van der Waals surface area contributed by atoms with Crippen molar-refractivity contribution in [3.05, 3.63) is 24.2 Å². The summed E-state index contributed by atoms with van der Waals surface area (Å²) in [6.07, 6.45) is 9.08. The molecule has 4 heteroatoms. The van der Waals surface area contributed by atoms with Crippen LogP contribution in [0.15, 0.2) is 22.8 Å². The van der Waals surface area contributed by atoms with Crippen LogP contribution in [0.25, 0.3) is 0 Å². The molecule has 1 aromatic heterocycles. The van der Waals surface area contributed by atoms with E-state index in [-0.39, 0.29) is 0 Å². The lowest BCUT2D eigenvalue weighted by molar-refractivity contribution is 0.00200. The zero-order chi connectivity index (χ0) is 14.2. The van der Waals surface area contributed by atoms with E-state index >= 15 is 0 Å². The first-order valence-electron chi connectivity index (χ1n) is 7.74. The third-order valence-corrected chi connectivity index (χ3v) is 4.08. The Balaban J connectivity index is 1.63. The molecule has 0 spiro atoms. The number of furan rings is 1. The molecule has 1 N–H and O–H groups in total. The Hall–Kier alpha value is -0.840. The van der Waals surface area contributed by atoms with E-state index in [1.165, 1.54) is 38.5 Å². The fraction of sp³-hybridized carbons (Fsp3) is 0.750. The predicted molar refractivity (Wildman–Crippen MR) is 78.5 cm³/mol. The first kappa shape index (κ1) is 15.5. The molecular formula is C16H27NO3. The first-order chi connectivity index (χ1) is 9.75. The van der Waals surface area contributed by atoms with Gasteiger partial charge < -0.3 is 19.2 Å². The summed E-state index contributed by atoms with van der Waals surface area (Å²) in [5.74, 6) is 0.800. The molecule has 0 bridgehead atoms. The van der Waals surface area contributed by atoms with Crippen molar-refractivity contribution in [3.63, 3.8) is 0 Å². The molecule has 0 aliphatic heterocycles. The summed E-state index contributed by atoms with van der Waals surface area (Å²) in [6.45, 7) is 1.47. The summed E-state index contributed by atoms with van der Waals surface area (Å²) in [4.78, 5) is 2.30. The van der Waals surface area contributed by atoms with E-state index in [1.54, 1.807) is 6.26 Å². The first-order valence-corrected chi connectivity index (χ1v) is 7.74. The Kier molecular flexibility index (Phi) is 6.57. The maximum absolute atomic E-state index is 10.1. The Bertz CT molecular complexity index is 345. The Morgan fingerprint density at radius 3 is 2.75 bits per heavy atom. The van der Waals surface area contributed by atoms with Crippen molar-refractivity contribution in [1.82, 2.24) is 4.90 Å². The molecule has 1 unspecified atom stereocenters. The molecular weight excluding hydrogens is 254 g/mol. The Labute approximate surface area is 121 Å². The molecule has 1 aliphatic carbocycles. The Morgan fingerprint density at radius 2 is 2.10 bits per heavy atom. The maximum Gasteiger partial charge on any atom is 0.129 e. The smallest absolute Gasteiger partial charge is 0.129 e. The largest absolute Gasteiger partial charge is 0.467 e. The number of hydrogen-bond acceptors (Lipinski definition) is 4. The van der Waals surface area contributed by atoms with Crippen molar-refractivity contribution < 1.29 is 14.3 Å². The molecule has 0 aromatic carbocycles. The van der Waals surface area contributed by atoms with E-state index in [1.807, 2.05) is 12.1 Å². The minimum absolute atomic E-state index is 0.359. The van der Waals surface area contributed by atoms with Crippen LogP contribution in [0.3, 0.4) is 0 Å². The fourth-order valence-corrected chi connectivity index (χ4v) is 2.92. The minimum Gasteiger partial charge on any atom is -0.467 e. The zero-order valence-electron chi connectivity index (χ0n) is 12.5. The van der Waals surface area contributed by atoms with Gasteiger partial charge in [-0.3, -0.25) is 0 Å². The summed E-state index contributed by atoms with van der Waals surface area (Å²) in [6, 6.07) is 4.34. The highest BCUT2D eigenvalue weighted by atomic mass is 16.5. The molecule has 1 atom stereocenters. The number of aliphatic hydroxyl groups is 1. The quantitative estimate of drug-likeness (QED) is 0.781. The molecule has 0 radical (unpaired) electrons. The maximum atomic E-state index is 10.1. The number of nitrogens with zero attached hydrogens (tertiary/aromatic N) is 1. The molecule has 1 heterocycles. The van der Waals surface area contributed by atoms with Gasteiger partial charge in [0.05, 0.1) is 19.0 Å². The second-order valence-corrected chi connectivity index (χ2v) is 5.83. The number of likely N-dealkylation sites (N-methyl/N-ethyl adjacent to an activating group) is 1. The lowest BCUT2D eigenvalue weighted by Gasteiger charge is -2.28. The van der Waals surface area contributed by atoms with Gasteiger partial charge in [0.1, 0.15) is 12.4 Å². The summed E-state index contributed by atoms with van der Waals surface area (Å²) in [5, 5.41) is 10.1. The topological polar surface area (TPSA) is 45.8 Å². The molecule has 0 amide bonds. The van der Waals surface area contributed by atoms with E-state index in [2.05, 4.69) is 11.9 Å². The fourth-order valence-electron chi connectivity index (χ4n) is 2.92. The van der Waals surface area contributed by atoms with Crippen molar-refractivity contribution in [2.45, 2.75) is 57.3 Å². The summed E-state index contributed by atoms with van der Waals surface area (Å²) >= 11 is 0. The van der Waals surface area contributed by atoms with Gasteiger partial charge in [-0.1, -0.05) is 25.7 Å². The average molecular weight is 281 g/mol. The highest BCUT2D eigenvalue weighted by Gasteiger charge is 2.19. The van der Waals surface area contributed by atoms with Crippen molar-refractivity contribution in [2.75, 3.05) is 20.2 Å². The van der Waals surface area contributed by atoms with Gasteiger partial charge in [0, 0.05) is 12.6 Å². The Morgan fingerprint density at radius 1 is 1.35 bits per heavy atom. The third kappa shape index (κ3) is 5.27. The monoisotopic (exact) mass is 281 g/mol. The molecule has 20 heavy (non-hydrogen) atoms. The van der Waals surface area contributed by atoms with Gasteiger partial charge in [-0.15, -0.1) is 0 Å². The number of aliphatic hydroxyl groups excluding tert-OH is 1. The number of ether oxygens (including phenoxy) is 1. The standard InChI is InChI=1S/C16H27NO3/c1-17(14-7-4-2-3-5-8-14)11-15(18)12-19-13-16-9-6-10-20-16/h6,9-10,14-15,18H,2-5,7-8,11-13H2,1H3. The van der Waals surface area contributed by atoms with Crippen LogP contribution in [0.1, 0.15) is 44.3 Å². The van der Waals surface area contributed by atoms with Gasteiger partial charge in [-0.05, 0) is 32.0 Å². The summed E-state index contributed by atoms with van der Waals surface area (Å²) < 4.78 is 10.7. The van der Waals surface area contributed by atoms with Gasteiger partial charge in [-0.25, -0.2) is 0 Å². The molecule has 1 aliphatic rings. The highest BCUT2D eigenvalue weighted by molar-refractivity contribution is 4.96.